The highest BCUT2D eigenvalue weighted by molar-refractivity contribution is 7.99. The minimum atomic E-state index is -1.25. The summed E-state index contributed by atoms with van der Waals surface area (Å²) in [5.41, 5.74) is 0.128. The summed E-state index contributed by atoms with van der Waals surface area (Å²) in [5.74, 6) is -0.847. The quantitative estimate of drug-likeness (QED) is 0.324. The van der Waals surface area contributed by atoms with Crippen molar-refractivity contribution in [1.82, 2.24) is 5.32 Å². The van der Waals surface area contributed by atoms with Crippen LogP contribution in [0.5, 0.6) is 0 Å². The molecule has 0 radical (unpaired) electrons. The van der Waals surface area contributed by atoms with E-state index in [1.54, 1.807) is 52.8 Å². The molecule has 1 amide bonds. The Morgan fingerprint density at radius 1 is 1.06 bits per heavy atom. The van der Waals surface area contributed by atoms with Gasteiger partial charge in [-0.1, -0.05) is 42.5 Å². The van der Waals surface area contributed by atoms with Gasteiger partial charge < -0.3 is 19.9 Å². The Labute approximate surface area is 211 Å². The monoisotopic (exact) mass is 505 g/mol. The number of benzene rings is 2. The standard InChI is InChI=1S/C27H36FNO5S/c1-7-33-23(31)26(5,18-30)17-27(35-6,29-24(32)34-25(2,3)4)16-19-12-14-20(15-13-19)21-10-8-9-11-22(21)28/h8-15,30H,7,16-18H2,1-6H3,(H,29,32). The van der Waals surface area contributed by atoms with Crippen LogP contribution in [0.3, 0.4) is 0 Å². The van der Waals surface area contributed by atoms with Gasteiger partial charge >= 0.3 is 12.1 Å². The number of esters is 1. The number of alkyl carbamates (subject to hydrolysis) is 1. The maximum Gasteiger partial charge on any atom is 0.408 e. The number of ether oxygens (including phenoxy) is 2. The summed E-state index contributed by atoms with van der Waals surface area (Å²) in [7, 11) is 0. The van der Waals surface area contributed by atoms with Gasteiger partial charge in [0.15, 0.2) is 0 Å². The third-order valence-electron chi connectivity index (χ3n) is 5.54. The van der Waals surface area contributed by atoms with Crippen LogP contribution >= 0.6 is 11.8 Å². The zero-order chi connectivity index (χ0) is 26.3. The van der Waals surface area contributed by atoms with Crippen molar-refractivity contribution in [2.24, 2.45) is 5.41 Å². The van der Waals surface area contributed by atoms with Crippen LogP contribution in [0.1, 0.15) is 46.6 Å². The van der Waals surface area contributed by atoms with Gasteiger partial charge in [0.05, 0.1) is 23.5 Å². The second kappa shape index (κ2) is 11.9. The molecular weight excluding hydrogens is 469 g/mol. The minimum absolute atomic E-state index is 0.102. The van der Waals surface area contributed by atoms with Crippen molar-refractivity contribution in [1.29, 1.82) is 0 Å². The van der Waals surface area contributed by atoms with E-state index in [4.69, 9.17) is 9.47 Å². The number of halogens is 1. The molecule has 6 nitrogen and oxygen atoms in total. The Hall–Kier alpha value is -2.58. The van der Waals surface area contributed by atoms with Crippen LogP contribution in [0.4, 0.5) is 9.18 Å². The van der Waals surface area contributed by atoms with Crippen LogP contribution in [-0.2, 0) is 20.7 Å². The molecule has 0 aliphatic carbocycles. The molecule has 2 aromatic rings. The van der Waals surface area contributed by atoms with Gasteiger partial charge in [-0.15, -0.1) is 11.8 Å². The van der Waals surface area contributed by atoms with Gasteiger partial charge in [-0.05, 0) is 64.5 Å². The number of aliphatic hydroxyl groups excluding tert-OH is 1. The molecule has 0 aromatic heterocycles. The minimum Gasteiger partial charge on any atom is -0.466 e. The van der Waals surface area contributed by atoms with Gasteiger partial charge in [0.25, 0.3) is 0 Å². The van der Waals surface area contributed by atoms with Crippen LogP contribution in [-0.4, -0.2) is 47.1 Å². The average Bonchev–Trinajstić information content (AvgIpc) is 2.78. The molecular formula is C27H36FNO5S. The predicted octanol–water partition coefficient (Wildman–Crippen LogP) is 5.57. The first-order chi connectivity index (χ1) is 16.4. The normalized spacial score (nSPS) is 15.0. The lowest BCUT2D eigenvalue weighted by Gasteiger charge is -2.39. The number of rotatable bonds is 10. The molecule has 8 heteroatoms. The molecule has 0 heterocycles. The lowest BCUT2D eigenvalue weighted by molar-refractivity contribution is -0.158. The largest absolute Gasteiger partial charge is 0.466 e. The number of aliphatic hydroxyl groups is 1. The van der Waals surface area contributed by atoms with E-state index in [1.165, 1.54) is 17.8 Å². The van der Waals surface area contributed by atoms with E-state index in [1.807, 2.05) is 30.5 Å². The van der Waals surface area contributed by atoms with E-state index in [2.05, 4.69) is 5.32 Å². The highest BCUT2D eigenvalue weighted by Crippen LogP contribution is 2.39. The van der Waals surface area contributed by atoms with Crippen LogP contribution in [0, 0.1) is 11.2 Å². The molecule has 0 aliphatic rings. The van der Waals surface area contributed by atoms with Gasteiger partial charge in [0, 0.05) is 12.0 Å². The number of hydrogen-bond donors (Lipinski definition) is 2. The van der Waals surface area contributed by atoms with Crippen molar-refractivity contribution < 1.29 is 28.6 Å². The first-order valence-corrected chi connectivity index (χ1v) is 12.8. The van der Waals surface area contributed by atoms with E-state index < -0.39 is 34.6 Å². The van der Waals surface area contributed by atoms with Gasteiger partial charge in [-0.3, -0.25) is 4.79 Å². The highest BCUT2D eigenvalue weighted by Gasteiger charge is 2.45. The molecule has 0 spiro atoms. The fraction of sp³-hybridized carbons (Fsp3) is 0.481. The second-order valence-corrected chi connectivity index (χ2v) is 11.0. The lowest BCUT2D eigenvalue weighted by atomic mass is 9.82. The number of carbonyl (C=O) groups is 2. The summed E-state index contributed by atoms with van der Waals surface area (Å²) in [6.07, 6.45) is 1.64. The van der Waals surface area contributed by atoms with Crippen molar-refractivity contribution in [3.63, 3.8) is 0 Å². The Balaban J connectivity index is 2.41. The van der Waals surface area contributed by atoms with Crippen molar-refractivity contribution in [3.05, 3.63) is 59.9 Å². The second-order valence-electron chi connectivity index (χ2n) is 9.79. The third-order valence-corrected chi connectivity index (χ3v) is 6.71. The Kier molecular flexibility index (Phi) is 9.75. The van der Waals surface area contributed by atoms with Crippen molar-refractivity contribution in [2.75, 3.05) is 19.5 Å². The van der Waals surface area contributed by atoms with Crippen LogP contribution < -0.4 is 5.32 Å². The summed E-state index contributed by atoms with van der Waals surface area (Å²) in [6.45, 7) is 8.36. The summed E-state index contributed by atoms with van der Waals surface area (Å²) in [4.78, 5) is 24.5. The third kappa shape index (κ3) is 7.97. The zero-order valence-electron chi connectivity index (χ0n) is 21.3. The summed E-state index contributed by atoms with van der Waals surface area (Å²) in [5, 5.41) is 13.1. The maximum absolute atomic E-state index is 14.2. The Morgan fingerprint density at radius 2 is 1.69 bits per heavy atom. The van der Waals surface area contributed by atoms with E-state index in [-0.39, 0.29) is 18.8 Å². The number of carbonyl (C=O) groups excluding carboxylic acids is 2. The highest BCUT2D eigenvalue weighted by atomic mass is 32.2. The number of thioether (sulfide) groups is 1. The Bertz CT molecular complexity index is 1010. The topological polar surface area (TPSA) is 84.9 Å². The van der Waals surface area contributed by atoms with E-state index in [9.17, 15) is 19.1 Å². The molecule has 2 rings (SSSR count). The molecule has 2 N–H and O–H groups in total. The first-order valence-electron chi connectivity index (χ1n) is 11.6. The van der Waals surface area contributed by atoms with Gasteiger partial charge in [0.2, 0.25) is 0 Å². The summed E-state index contributed by atoms with van der Waals surface area (Å²) >= 11 is 1.36. The number of amides is 1. The zero-order valence-corrected chi connectivity index (χ0v) is 22.1. The van der Waals surface area contributed by atoms with Gasteiger partial charge in [-0.2, -0.15) is 0 Å². The fourth-order valence-corrected chi connectivity index (χ4v) is 4.75. The molecule has 0 fully saturated rings. The fourth-order valence-electron chi connectivity index (χ4n) is 3.79. The molecule has 35 heavy (non-hydrogen) atoms. The molecule has 0 aliphatic heterocycles. The van der Waals surface area contributed by atoms with Crippen LogP contribution in [0.15, 0.2) is 48.5 Å². The molecule has 2 atom stereocenters. The van der Waals surface area contributed by atoms with Crippen LogP contribution in [0.25, 0.3) is 11.1 Å². The predicted molar refractivity (Wildman–Crippen MR) is 138 cm³/mol. The molecule has 0 saturated carbocycles. The SMILES string of the molecule is CCOC(=O)C(C)(CO)CC(Cc1ccc(-c2ccccc2F)cc1)(NC(=O)OC(C)(C)C)SC. The summed E-state index contributed by atoms with van der Waals surface area (Å²) in [6, 6.07) is 13.9. The maximum atomic E-state index is 14.2. The molecule has 2 unspecified atom stereocenters. The smallest absolute Gasteiger partial charge is 0.408 e. The van der Waals surface area contributed by atoms with Crippen molar-refractivity contribution in [2.45, 2.75) is 57.9 Å². The van der Waals surface area contributed by atoms with E-state index >= 15 is 0 Å². The van der Waals surface area contributed by atoms with Crippen molar-refractivity contribution >= 4 is 23.8 Å². The molecule has 0 saturated heterocycles. The Morgan fingerprint density at radius 3 is 2.20 bits per heavy atom. The van der Waals surface area contributed by atoms with Gasteiger partial charge in [0.1, 0.15) is 11.4 Å². The number of nitrogens with one attached hydrogen (secondary N) is 1. The van der Waals surface area contributed by atoms with Crippen LogP contribution in [0.2, 0.25) is 0 Å². The van der Waals surface area contributed by atoms with Gasteiger partial charge in [-0.25, -0.2) is 9.18 Å². The van der Waals surface area contributed by atoms with Crippen molar-refractivity contribution in [3.8, 4) is 11.1 Å². The summed E-state index contributed by atoms with van der Waals surface area (Å²) < 4.78 is 24.9. The molecule has 192 valence electrons. The number of hydrogen-bond acceptors (Lipinski definition) is 6. The van der Waals surface area contributed by atoms with E-state index in [0.29, 0.717) is 12.0 Å². The molecule has 0 bridgehead atoms. The molecule has 2 aromatic carbocycles. The van der Waals surface area contributed by atoms with E-state index in [0.717, 1.165) is 11.1 Å². The first kappa shape index (κ1) is 28.7. The average molecular weight is 506 g/mol. The lowest BCUT2D eigenvalue weighted by Crippen LogP contribution is -2.53.